The zero-order valence-corrected chi connectivity index (χ0v) is 15.3. The van der Waals surface area contributed by atoms with Gasteiger partial charge in [-0.15, -0.1) is 0 Å². The summed E-state index contributed by atoms with van der Waals surface area (Å²) in [6, 6.07) is 30.1. The summed E-state index contributed by atoms with van der Waals surface area (Å²) in [4.78, 5) is 0. The third kappa shape index (κ3) is 1.88. The molecule has 1 aliphatic rings. The van der Waals surface area contributed by atoms with Crippen molar-refractivity contribution in [2.75, 3.05) is 0 Å². The molecule has 0 N–H and O–H groups in total. The first-order valence-electron chi connectivity index (χ1n) is 8.98. The second-order valence-corrected chi connectivity index (χ2v) is 9.62. The molecule has 0 saturated carbocycles. The molecule has 0 saturated heterocycles. The van der Waals surface area contributed by atoms with Crippen molar-refractivity contribution in [1.29, 1.82) is 0 Å². The molecule has 0 fully saturated rings. The molecule has 0 amide bonds. The summed E-state index contributed by atoms with van der Waals surface area (Å²) in [6.07, 6.45) is 0. The fourth-order valence-corrected chi connectivity index (χ4v) is 7.32. The molecular weight excluding hydrogens is 351 g/mol. The summed E-state index contributed by atoms with van der Waals surface area (Å²) < 4.78 is 20.6. The number of benzene rings is 4. The molecule has 1 aromatic heterocycles. The van der Waals surface area contributed by atoms with Crippen LogP contribution in [0.15, 0.2) is 95.4 Å². The number of rotatable bonds is 1. The van der Waals surface area contributed by atoms with Crippen LogP contribution in [0.2, 0.25) is 0 Å². The van der Waals surface area contributed by atoms with E-state index in [4.69, 9.17) is 4.42 Å². The van der Waals surface area contributed by atoms with E-state index >= 15 is 0 Å². The average molecular weight is 366 g/mol. The summed E-state index contributed by atoms with van der Waals surface area (Å²) >= 11 is 0. The zero-order chi connectivity index (χ0) is 18.0. The van der Waals surface area contributed by atoms with Gasteiger partial charge in [0.2, 0.25) is 0 Å². The molecule has 27 heavy (non-hydrogen) atoms. The monoisotopic (exact) mass is 366 g/mol. The standard InChI is InChI=1S/C24H15O2P/c25-27(16-8-2-1-3-9-16)23-13-7-5-11-18(23)20-14-19-17-10-4-6-12-21(17)26-22(19)15-24(20)27/h1-15H. The van der Waals surface area contributed by atoms with Crippen molar-refractivity contribution < 1.29 is 8.98 Å². The highest BCUT2D eigenvalue weighted by atomic mass is 31.2. The summed E-state index contributed by atoms with van der Waals surface area (Å²) in [5, 5.41) is 4.83. The van der Waals surface area contributed by atoms with E-state index in [0.29, 0.717) is 0 Å². The van der Waals surface area contributed by atoms with Crippen molar-refractivity contribution in [2.45, 2.75) is 0 Å². The van der Waals surface area contributed by atoms with Gasteiger partial charge < -0.3 is 8.98 Å². The fourth-order valence-electron chi connectivity index (χ4n) is 4.26. The summed E-state index contributed by atoms with van der Waals surface area (Å²) in [6.45, 7) is 0. The first-order chi connectivity index (χ1) is 13.3. The van der Waals surface area contributed by atoms with E-state index in [9.17, 15) is 4.57 Å². The molecule has 1 unspecified atom stereocenters. The van der Waals surface area contributed by atoms with Gasteiger partial charge in [0.05, 0.1) is 0 Å². The third-order valence-electron chi connectivity index (χ3n) is 5.49. The lowest BCUT2D eigenvalue weighted by atomic mass is 10.0. The predicted molar refractivity (Wildman–Crippen MR) is 112 cm³/mol. The summed E-state index contributed by atoms with van der Waals surface area (Å²) in [7, 11) is -2.91. The van der Waals surface area contributed by atoms with Gasteiger partial charge in [-0.05, 0) is 29.3 Å². The van der Waals surface area contributed by atoms with Crippen LogP contribution in [0, 0.1) is 0 Å². The van der Waals surface area contributed by atoms with Crippen LogP contribution >= 0.6 is 7.14 Å². The molecule has 0 radical (unpaired) electrons. The topological polar surface area (TPSA) is 30.2 Å². The first-order valence-corrected chi connectivity index (χ1v) is 10.7. The van der Waals surface area contributed by atoms with Crippen LogP contribution in [0.25, 0.3) is 33.1 Å². The lowest BCUT2D eigenvalue weighted by Gasteiger charge is -2.15. The third-order valence-corrected chi connectivity index (χ3v) is 8.63. The van der Waals surface area contributed by atoms with E-state index in [1.54, 1.807) is 0 Å². The van der Waals surface area contributed by atoms with Gasteiger partial charge in [0.15, 0.2) is 7.14 Å². The van der Waals surface area contributed by atoms with Crippen LogP contribution < -0.4 is 15.9 Å². The normalized spacial score (nSPS) is 17.9. The van der Waals surface area contributed by atoms with Crippen LogP contribution in [0.5, 0.6) is 0 Å². The van der Waals surface area contributed by atoms with Crippen LogP contribution in [0.4, 0.5) is 0 Å². The second kappa shape index (κ2) is 5.22. The Balaban J connectivity index is 1.78. The van der Waals surface area contributed by atoms with Gasteiger partial charge in [0.25, 0.3) is 0 Å². The van der Waals surface area contributed by atoms with Crippen LogP contribution in [0.3, 0.4) is 0 Å². The highest BCUT2D eigenvalue weighted by Gasteiger charge is 2.40. The van der Waals surface area contributed by atoms with Crippen molar-refractivity contribution in [3.63, 3.8) is 0 Å². The Labute approximate surface area is 156 Å². The molecule has 0 spiro atoms. The average Bonchev–Trinajstić information content (AvgIpc) is 3.22. The molecule has 2 heterocycles. The Morgan fingerprint density at radius 2 is 1.33 bits per heavy atom. The van der Waals surface area contributed by atoms with Crippen molar-refractivity contribution >= 4 is 45.0 Å². The van der Waals surface area contributed by atoms with Gasteiger partial charge in [-0.25, -0.2) is 0 Å². The largest absolute Gasteiger partial charge is 0.456 e. The lowest BCUT2D eigenvalue weighted by Crippen LogP contribution is -2.20. The van der Waals surface area contributed by atoms with E-state index in [2.05, 4.69) is 18.2 Å². The van der Waals surface area contributed by atoms with E-state index < -0.39 is 7.14 Å². The zero-order valence-electron chi connectivity index (χ0n) is 14.4. The quantitative estimate of drug-likeness (QED) is 0.374. The Kier molecular flexibility index (Phi) is 2.90. The maximum Gasteiger partial charge on any atom is 0.172 e. The Bertz CT molecular complexity index is 1400. The number of hydrogen-bond acceptors (Lipinski definition) is 2. The minimum atomic E-state index is -2.91. The summed E-state index contributed by atoms with van der Waals surface area (Å²) in [5.74, 6) is 0. The lowest BCUT2D eigenvalue weighted by molar-refractivity contribution is 0.593. The minimum absolute atomic E-state index is 0.791. The van der Waals surface area contributed by atoms with Crippen molar-refractivity contribution in [3.05, 3.63) is 91.0 Å². The molecule has 4 aromatic carbocycles. The highest BCUT2D eigenvalue weighted by molar-refractivity contribution is 7.86. The second-order valence-electron chi connectivity index (χ2n) is 6.93. The molecule has 128 valence electrons. The van der Waals surface area contributed by atoms with Crippen LogP contribution in [-0.2, 0) is 4.57 Å². The molecule has 6 rings (SSSR count). The predicted octanol–water partition coefficient (Wildman–Crippen LogP) is 5.21. The van der Waals surface area contributed by atoms with Gasteiger partial charge in [-0.2, -0.15) is 0 Å². The number of fused-ring (bicyclic) bond motifs is 6. The van der Waals surface area contributed by atoms with Gasteiger partial charge in [0, 0.05) is 26.7 Å². The fraction of sp³-hybridized carbons (Fsp3) is 0. The maximum atomic E-state index is 14.5. The molecule has 5 aromatic rings. The molecule has 2 nitrogen and oxygen atoms in total. The maximum absolute atomic E-state index is 14.5. The van der Waals surface area contributed by atoms with Crippen LogP contribution in [0.1, 0.15) is 0 Å². The van der Waals surface area contributed by atoms with Crippen molar-refractivity contribution in [2.24, 2.45) is 0 Å². The molecule has 1 atom stereocenters. The number of furan rings is 1. The van der Waals surface area contributed by atoms with Gasteiger partial charge in [0.1, 0.15) is 11.2 Å². The molecular formula is C24H15O2P. The smallest absolute Gasteiger partial charge is 0.172 e. The van der Waals surface area contributed by atoms with E-state index in [1.165, 1.54) is 0 Å². The summed E-state index contributed by atoms with van der Waals surface area (Å²) in [5.41, 5.74) is 3.77. The van der Waals surface area contributed by atoms with Gasteiger partial charge in [-0.1, -0.05) is 72.8 Å². The van der Waals surface area contributed by atoms with Crippen molar-refractivity contribution in [3.8, 4) is 11.1 Å². The van der Waals surface area contributed by atoms with E-state index in [1.807, 2.05) is 72.8 Å². The van der Waals surface area contributed by atoms with Gasteiger partial charge in [-0.3, -0.25) is 0 Å². The molecule has 3 heteroatoms. The Hall–Kier alpha value is -3.09. The Morgan fingerprint density at radius 1 is 0.593 bits per heavy atom. The van der Waals surface area contributed by atoms with Gasteiger partial charge >= 0.3 is 0 Å². The van der Waals surface area contributed by atoms with Crippen molar-refractivity contribution in [1.82, 2.24) is 0 Å². The van der Waals surface area contributed by atoms with Crippen LogP contribution in [-0.4, -0.2) is 0 Å². The number of hydrogen-bond donors (Lipinski definition) is 0. The van der Waals surface area contributed by atoms with E-state index in [-0.39, 0.29) is 0 Å². The molecule has 1 aliphatic heterocycles. The molecule has 0 aliphatic carbocycles. The highest BCUT2D eigenvalue weighted by Crippen LogP contribution is 2.53. The van der Waals surface area contributed by atoms with E-state index in [0.717, 1.165) is 49.0 Å². The Morgan fingerprint density at radius 3 is 2.22 bits per heavy atom. The minimum Gasteiger partial charge on any atom is -0.456 e. The number of para-hydroxylation sites is 1. The first kappa shape index (κ1) is 15.0. The molecule has 0 bridgehead atoms. The SMILES string of the molecule is O=P1(c2ccccc2)c2ccccc2-c2cc3c(cc21)oc1ccccc13.